The predicted octanol–water partition coefficient (Wildman–Crippen LogP) is 21.8. The molecule has 125 heavy (non-hydrogen) atoms. The Balaban J connectivity index is 0.000000121. The summed E-state index contributed by atoms with van der Waals surface area (Å²) in [6.07, 6.45) is 27.6. The van der Waals surface area contributed by atoms with Crippen molar-refractivity contribution in [3.05, 3.63) is 261 Å². The van der Waals surface area contributed by atoms with Gasteiger partial charge in [0.2, 0.25) is 0 Å². The number of nitrogens with zero attached hydrogens (tertiary/aromatic N) is 16. The molecule has 21 nitrogen and oxygen atoms in total. The van der Waals surface area contributed by atoms with E-state index in [1.807, 2.05) is 157 Å². The second-order valence-electron chi connectivity index (χ2n) is 31.6. The van der Waals surface area contributed by atoms with Crippen molar-refractivity contribution < 1.29 is 0 Å². The Morgan fingerprint density at radius 2 is 0.648 bits per heavy atom. The van der Waals surface area contributed by atoms with E-state index in [2.05, 4.69) is 112 Å². The molecule has 0 atom stereocenters. The van der Waals surface area contributed by atoms with Gasteiger partial charge in [-0.05, 0) is 170 Å². The van der Waals surface area contributed by atoms with Crippen molar-refractivity contribution >= 4 is 185 Å². The fourth-order valence-electron chi connectivity index (χ4n) is 16.2. The molecule has 0 radical (unpaired) electrons. The molecule has 4 fully saturated rings. The number of imidazole rings is 5. The molecular weight excluding hydrogens is 1800 g/mol. The summed E-state index contributed by atoms with van der Waals surface area (Å²) in [5.74, 6) is 8.57. The van der Waals surface area contributed by atoms with Gasteiger partial charge in [0, 0.05) is 261 Å². The maximum absolute atomic E-state index is 6.49. The molecule has 3 aliphatic heterocycles. The number of fused-ring (bicyclic) bond motifs is 5. The highest BCUT2D eigenvalue weighted by molar-refractivity contribution is 7.99. The van der Waals surface area contributed by atoms with E-state index in [1.54, 1.807) is 30.3 Å². The molecule has 19 rings (SSSR count). The van der Waals surface area contributed by atoms with E-state index >= 15 is 0 Å². The van der Waals surface area contributed by atoms with E-state index in [4.69, 9.17) is 145 Å². The number of rotatable bonds is 19. The van der Waals surface area contributed by atoms with Gasteiger partial charge in [-0.3, -0.25) is 22.0 Å². The first-order valence-corrected chi connectivity index (χ1v) is 46.7. The van der Waals surface area contributed by atoms with Crippen molar-refractivity contribution in [1.82, 2.24) is 51.8 Å². The summed E-state index contributed by atoms with van der Waals surface area (Å²) in [5.41, 5.74) is 49.2. The van der Waals surface area contributed by atoms with Gasteiger partial charge in [-0.25, -0.2) is 24.9 Å². The normalized spacial score (nSPS) is 14.3. The highest BCUT2D eigenvalue weighted by Crippen LogP contribution is 2.42. The van der Waals surface area contributed by atoms with E-state index in [-0.39, 0.29) is 0 Å². The van der Waals surface area contributed by atoms with Crippen molar-refractivity contribution in [2.75, 3.05) is 123 Å². The first kappa shape index (κ1) is 91.3. The van der Waals surface area contributed by atoms with Crippen LogP contribution in [0, 0.1) is 5.92 Å². The molecule has 10 N–H and O–H groups in total. The highest BCUT2D eigenvalue weighted by Gasteiger charge is 2.28. The maximum atomic E-state index is 6.49. The number of thioether (sulfide) groups is 1. The quantitative estimate of drug-likeness (QED) is 0.0506. The topological polar surface area (TPSA) is 236 Å². The smallest absolute Gasteiger partial charge is 0.138 e. The molecule has 32 heteroatoms. The van der Waals surface area contributed by atoms with Crippen molar-refractivity contribution in [3.63, 3.8) is 0 Å². The van der Waals surface area contributed by atoms with Crippen LogP contribution in [0.3, 0.4) is 0 Å². The molecule has 652 valence electrons. The van der Waals surface area contributed by atoms with Gasteiger partial charge < -0.3 is 58.1 Å². The van der Waals surface area contributed by atoms with Gasteiger partial charge in [0.25, 0.3) is 0 Å². The SMILES string of the molecule is CCCN(CC1CC1)c1cnc2cc(CN)c(-c3ccc(Cl)cc3Cl)cn12.CN(C)c1cnc2cc(CN)c(-c3ccc(Cl)cc3Cl)cn12.CN1CCN(c2cnc3cc(CN)c(-c4ccc(Cl)cc4Cl)cn23)CC1.NCc1cc2ncc(N3CCCCC3)n2cc1-c1ccc(Cl)cc1Cl.NCc1cc2ncc(N3CCSCC3)n2cc1-c1ccc(Cl)cc1Cl. The zero-order valence-corrected chi connectivity index (χ0v) is 78.3. The van der Waals surface area contributed by atoms with E-state index < -0.39 is 0 Å². The Morgan fingerprint density at radius 1 is 0.352 bits per heavy atom. The zero-order valence-electron chi connectivity index (χ0n) is 69.9. The van der Waals surface area contributed by atoms with E-state index in [9.17, 15) is 0 Å². The standard InChI is InChI=1S/C21H24Cl2N4.C19H21Cl2N5.C19H20Cl2N4.C18H18Cl2N4S.C16H16Cl2N4/c1-2-7-26(12-14-3-4-14)21-11-25-20-8-15(10-24)18(13-27(20)21)17-6-5-16(22)9-19(17)23;1-24-4-6-25(7-5-24)19-11-23-18-8-13(10-22)16(12-26(18)19)15-3-2-14(20)9-17(15)21;20-14-4-5-15(17(21)9-14)16-12-25-18(8-13(16)10-22)23-11-19(25)24-6-2-1-3-7-24;19-13-1-2-14(16(20)8-13)15-11-24-17(7-12(15)9-21)22-10-18(24)23-3-5-25-6-4-23;1-21(2)16-8-20-15-5-10(7-19)13(9-22(15)16)12-4-3-11(17)6-14(12)18/h5-6,8-9,11,13-14H,2-4,7,10,12,24H2,1H3;2-3,8-9,11-12H,4-7,10,22H2,1H3;4-5,8-9,11-12H,1-3,6-7,10,22H2;1-2,7-8,10-11H,3-6,9,21H2;3-6,8-9H,7,19H2,1-2H3. The number of piperazine rings is 1. The second-order valence-corrected chi connectivity index (χ2v) is 37.1. The van der Waals surface area contributed by atoms with Crippen LogP contribution >= 0.6 is 128 Å². The summed E-state index contributed by atoms with van der Waals surface area (Å²) in [4.78, 5) is 36.8. The number of pyridine rings is 5. The van der Waals surface area contributed by atoms with Crippen molar-refractivity contribution in [2.45, 2.75) is 78.2 Å². The summed E-state index contributed by atoms with van der Waals surface area (Å²) in [5, 5.41) is 6.21. The Kier molecular flexibility index (Phi) is 30.2. The lowest BCUT2D eigenvalue weighted by Crippen LogP contribution is -2.44. The molecule has 5 aromatic carbocycles. The van der Waals surface area contributed by atoms with E-state index in [1.165, 1.54) is 32.1 Å². The van der Waals surface area contributed by atoms with Gasteiger partial charge in [0.1, 0.15) is 57.3 Å². The molecule has 0 spiro atoms. The number of hydrogen-bond acceptors (Lipinski definition) is 17. The summed E-state index contributed by atoms with van der Waals surface area (Å²) >= 11 is 64.4. The van der Waals surface area contributed by atoms with E-state index in [0.29, 0.717) is 83.0 Å². The van der Waals surface area contributed by atoms with Crippen LogP contribution in [0.15, 0.2) is 183 Å². The maximum Gasteiger partial charge on any atom is 0.138 e. The first-order valence-electron chi connectivity index (χ1n) is 41.7. The first-order chi connectivity index (χ1) is 60.5. The molecule has 0 amide bonds. The highest BCUT2D eigenvalue weighted by atomic mass is 35.5. The molecule has 13 heterocycles. The molecule has 0 bridgehead atoms. The Labute approximate surface area is 782 Å². The van der Waals surface area contributed by atoms with Crippen LogP contribution in [0.5, 0.6) is 0 Å². The largest absolute Gasteiger partial charge is 0.363 e. The second kappa shape index (κ2) is 41.3. The Bertz CT molecular complexity index is 6190. The summed E-state index contributed by atoms with van der Waals surface area (Å²) in [7, 11) is 6.12. The fraction of sp³-hybridized carbons (Fsp3) is 0.301. The molecule has 15 aromatic rings. The van der Waals surface area contributed by atoms with Gasteiger partial charge in [0.05, 0.1) is 31.0 Å². The zero-order chi connectivity index (χ0) is 87.9. The Hall–Kier alpha value is -8.44. The number of benzene rings is 5. The minimum Gasteiger partial charge on any atom is -0.363 e. The lowest BCUT2D eigenvalue weighted by atomic mass is 10.0. The average Bonchev–Trinajstić information content (AvgIpc) is 1.69. The van der Waals surface area contributed by atoms with Gasteiger partial charge in [0.15, 0.2) is 0 Å². The monoisotopic (exact) mass is 1890 g/mol. The minimum atomic E-state index is 0.412. The minimum absolute atomic E-state index is 0.412. The van der Waals surface area contributed by atoms with Crippen LogP contribution in [0.2, 0.25) is 50.2 Å². The van der Waals surface area contributed by atoms with Crippen molar-refractivity contribution in [1.29, 1.82) is 0 Å². The van der Waals surface area contributed by atoms with Crippen LogP contribution in [0.1, 0.15) is 73.3 Å². The number of anilines is 5. The number of aromatic nitrogens is 10. The van der Waals surface area contributed by atoms with Crippen LogP contribution < -0.4 is 53.2 Å². The molecule has 1 saturated carbocycles. The third kappa shape index (κ3) is 20.8. The average molecular weight is 1900 g/mol. The van der Waals surface area contributed by atoms with Crippen molar-refractivity contribution in [2.24, 2.45) is 34.6 Å². The number of nitrogens with two attached hydrogens (primary N) is 5. The van der Waals surface area contributed by atoms with Crippen LogP contribution in [-0.2, 0) is 32.7 Å². The molecule has 1 aliphatic carbocycles. The molecule has 10 aromatic heterocycles. The molecule has 3 saturated heterocycles. The Morgan fingerprint density at radius 3 is 0.960 bits per heavy atom. The van der Waals surface area contributed by atoms with Gasteiger partial charge in [-0.2, -0.15) is 11.8 Å². The lowest BCUT2D eigenvalue weighted by molar-refractivity contribution is 0.312. The van der Waals surface area contributed by atoms with Gasteiger partial charge in [-0.1, -0.05) is 153 Å². The fourth-order valence-corrected chi connectivity index (χ4v) is 19.7. The number of piperidine rings is 1. The lowest BCUT2D eigenvalue weighted by Gasteiger charge is -2.33. The van der Waals surface area contributed by atoms with Crippen LogP contribution in [0.25, 0.3) is 83.9 Å². The molecular formula is C93H99Cl10N21S. The number of halogens is 10. The molecule has 4 aliphatic rings. The van der Waals surface area contributed by atoms with Crippen molar-refractivity contribution in [3.8, 4) is 55.6 Å². The van der Waals surface area contributed by atoms with Gasteiger partial charge >= 0.3 is 0 Å². The number of hydrogen-bond donors (Lipinski definition) is 5. The molecule has 0 unspecified atom stereocenters. The third-order valence-corrected chi connectivity index (χ3v) is 26.7. The van der Waals surface area contributed by atoms with Crippen LogP contribution in [-0.4, -0.2) is 150 Å². The van der Waals surface area contributed by atoms with E-state index in [0.717, 1.165) is 230 Å². The summed E-state index contributed by atoms with van der Waals surface area (Å²) < 4.78 is 10.6. The van der Waals surface area contributed by atoms with Crippen LogP contribution in [0.4, 0.5) is 29.1 Å². The summed E-state index contributed by atoms with van der Waals surface area (Å²) in [6.45, 7) is 14.7. The third-order valence-electron chi connectivity index (χ3n) is 23.1. The number of likely N-dealkylation sites (N-methyl/N-ethyl adjacent to an activating group) is 1. The predicted molar refractivity (Wildman–Crippen MR) is 528 cm³/mol. The van der Waals surface area contributed by atoms with Gasteiger partial charge in [-0.15, -0.1) is 0 Å². The summed E-state index contributed by atoms with van der Waals surface area (Å²) in [6, 6.07) is 37.9.